The first-order valence-corrected chi connectivity index (χ1v) is 5.58. The Morgan fingerprint density at radius 3 is 2.38 bits per heavy atom. The van der Waals surface area contributed by atoms with Crippen molar-refractivity contribution in [1.82, 2.24) is 9.97 Å². The third-order valence-electron chi connectivity index (χ3n) is 2.02. The lowest BCUT2D eigenvalue weighted by Crippen LogP contribution is -1.94. The van der Waals surface area contributed by atoms with E-state index in [1.807, 2.05) is 19.1 Å². The molecule has 2 aromatic rings. The number of aryl methyl sites for hydroxylation is 1. The maximum Gasteiger partial charge on any atom is 0.192 e. The summed E-state index contributed by atoms with van der Waals surface area (Å²) in [4.78, 5) is 9.39. The van der Waals surface area contributed by atoms with Gasteiger partial charge in [0.2, 0.25) is 0 Å². The molecule has 0 atom stereocenters. The molecule has 16 heavy (non-hydrogen) atoms. The van der Waals surface area contributed by atoms with Gasteiger partial charge in [-0.2, -0.15) is 0 Å². The standard InChI is InChI=1S/C11H12N4S/c1-7-5-14-11(15-6-7)16-8-2-3-9(12)10(13)4-8/h2-6H,12-13H2,1H3. The Kier molecular flexibility index (Phi) is 2.96. The van der Waals surface area contributed by atoms with Gasteiger partial charge in [-0.15, -0.1) is 0 Å². The molecular formula is C11H12N4S. The van der Waals surface area contributed by atoms with Gasteiger partial charge >= 0.3 is 0 Å². The zero-order valence-electron chi connectivity index (χ0n) is 8.84. The van der Waals surface area contributed by atoms with Crippen LogP contribution in [0.3, 0.4) is 0 Å². The monoisotopic (exact) mass is 232 g/mol. The first kappa shape index (κ1) is 10.8. The van der Waals surface area contributed by atoms with Gasteiger partial charge in [0, 0.05) is 17.3 Å². The van der Waals surface area contributed by atoms with Crippen LogP contribution < -0.4 is 11.5 Å². The quantitative estimate of drug-likeness (QED) is 0.612. The molecule has 1 aromatic carbocycles. The van der Waals surface area contributed by atoms with Crippen LogP contribution in [0.5, 0.6) is 0 Å². The number of nitrogens with two attached hydrogens (primary N) is 2. The van der Waals surface area contributed by atoms with Crippen molar-refractivity contribution in [2.45, 2.75) is 17.0 Å². The highest BCUT2D eigenvalue weighted by atomic mass is 32.2. The summed E-state index contributed by atoms with van der Waals surface area (Å²) in [6.07, 6.45) is 3.58. The van der Waals surface area contributed by atoms with Crippen molar-refractivity contribution in [2.75, 3.05) is 11.5 Å². The number of hydrogen-bond acceptors (Lipinski definition) is 5. The molecule has 0 saturated carbocycles. The molecule has 1 heterocycles. The lowest BCUT2D eigenvalue weighted by molar-refractivity contribution is 0.950. The highest BCUT2D eigenvalue weighted by Crippen LogP contribution is 2.28. The molecule has 0 bridgehead atoms. The van der Waals surface area contributed by atoms with E-state index in [0.717, 1.165) is 10.5 Å². The topological polar surface area (TPSA) is 77.8 Å². The van der Waals surface area contributed by atoms with Gasteiger partial charge in [0.1, 0.15) is 0 Å². The van der Waals surface area contributed by atoms with Gasteiger partial charge in [-0.3, -0.25) is 0 Å². The average molecular weight is 232 g/mol. The number of benzene rings is 1. The summed E-state index contributed by atoms with van der Waals surface area (Å²) in [5.74, 6) is 0. The van der Waals surface area contributed by atoms with E-state index in [1.165, 1.54) is 11.8 Å². The van der Waals surface area contributed by atoms with Crippen LogP contribution in [0, 0.1) is 6.92 Å². The Morgan fingerprint density at radius 1 is 1.06 bits per heavy atom. The maximum atomic E-state index is 5.72. The molecule has 2 rings (SSSR count). The van der Waals surface area contributed by atoms with Gasteiger partial charge in [-0.05, 0) is 42.4 Å². The zero-order chi connectivity index (χ0) is 11.5. The van der Waals surface area contributed by atoms with Crippen LogP contribution in [0.1, 0.15) is 5.56 Å². The SMILES string of the molecule is Cc1cnc(Sc2ccc(N)c(N)c2)nc1. The molecule has 0 fully saturated rings. The fourth-order valence-electron chi connectivity index (χ4n) is 1.16. The smallest absolute Gasteiger partial charge is 0.192 e. The van der Waals surface area contributed by atoms with Crippen molar-refractivity contribution < 1.29 is 0 Å². The molecule has 0 saturated heterocycles. The zero-order valence-corrected chi connectivity index (χ0v) is 9.66. The molecule has 5 heteroatoms. The van der Waals surface area contributed by atoms with Gasteiger partial charge in [0.15, 0.2) is 5.16 Å². The van der Waals surface area contributed by atoms with Crippen LogP contribution in [0.2, 0.25) is 0 Å². The summed E-state index contributed by atoms with van der Waals surface area (Å²) in [6, 6.07) is 5.51. The number of nitrogen functional groups attached to an aromatic ring is 2. The molecule has 0 aliphatic rings. The fraction of sp³-hybridized carbons (Fsp3) is 0.0909. The first-order valence-electron chi connectivity index (χ1n) is 4.76. The van der Waals surface area contributed by atoms with Crippen LogP contribution in [0.25, 0.3) is 0 Å². The molecule has 1 aromatic heterocycles. The Bertz CT molecular complexity index is 496. The molecule has 82 valence electrons. The second kappa shape index (κ2) is 4.40. The van der Waals surface area contributed by atoms with Gasteiger partial charge in [-0.25, -0.2) is 9.97 Å². The van der Waals surface area contributed by atoms with Crippen molar-refractivity contribution in [1.29, 1.82) is 0 Å². The number of anilines is 2. The summed E-state index contributed by atoms with van der Waals surface area (Å²) in [5, 5.41) is 0.703. The predicted octanol–water partition coefficient (Wildman–Crippen LogP) is 2.10. The molecule has 0 radical (unpaired) electrons. The second-order valence-electron chi connectivity index (χ2n) is 3.44. The highest BCUT2D eigenvalue weighted by Gasteiger charge is 2.02. The minimum Gasteiger partial charge on any atom is -0.397 e. The molecule has 0 aliphatic carbocycles. The van der Waals surface area contributed by atoms with E-state index >= 15 is 0 Å². The fourth-order valence-corrected chi connectivity index (χ4v) is 1.90. The summed E-state index contributed by atoms with van der Waals surface area (Å²) in [6.45, 7) is 1.95. The van der Waals surface area contributed by atoms with Crippen molar-refractivity contribution in [2.24, 2.45) is 0 Å². The molecule has 0 amide bonds. The molecule has 0 unspecified atom stereocenters. The lowest BCUT2D eigenvalue weighted by atomic mass is 10.3. The Morgan fingerprint density at radius 2 is 1.75 bits per heavy atom. The van der Waals surface area contributed by atoms with E-state index < -0.39 is 0 Å². The van der Waals surface area contributed by atoms with E-state index in [9.17, 15) is 0 Å². The minimum absolute atomic E-state index is 0.581. The minimum atomic E-state index is 0.581. The van der Waals surface area contributed by atoms with Crippen LogP contribution in [-0.4, -0.2) is 9.97 Å². The number of rotatable bonds is 2. The van der Waals surface area contributed by atoms with E-state index in [0.29, 0.717) is 16.5 Å². The summed E-state index contributed by atoms with van der Waals surface area (Å²) < 4.78 is 0. The van der Waals surface area contributed by atoms with E-state index in [-0.39, 0.29) is 0 Å². The van der Waals surface area contributed by atoms with Gasteiger partial charge in [0.25, 0.3) is 0 Å². The maximum absolute atomic E-state index is 5.72. The van der Waals surface area contributed by atoms with Crippen LogP contribution in [0.15, 0.2) is 40.6 Å². The Hall–Kier alpha value is -1.75. The lowest BCUT2D eigenvalue weighted by Gasteiger charge is -2.03. The largest absolute Gasteiger partial charge is 0.397 e. The van der Waals surface area contributed by atoms with Gasteiger partial charge < -0.3 is 11.5 Å². The van der Waals surface area contributed by atoms with Crippen molar-refractivity contribution in [3.05, 3.63) is 36.2 Å². The van der Waals surface area contributed by atoms with Crippen LogP contribution >= 0.6 is 11.8 Å². The normalized spacial score (nSPS) is 10.3. The highest BCUT2D eigenvalue weighted by molar-refractivity contribution is 7.99. The summed E-state index contributed by atoms with van der Waals surface area (Å²) >= 11 is 1.46. The van der Waals surface area contributed by atoms with Crippen LogP contribution in [0.4, 0.5) is 11.4 Å². The van der Waals surface area contributed by atoms with Crippen molar-refractivity contribution in [3.8, 4) is 0 Å². The molecule has 0 spiro atoms. The second-order valence-corrected chi connectivity index (χ2v) is 4.48. The molecular weight excluding hydrogens is 220 g/mol. The average Bonchev–Trinajstić information content (AvgIpc) is 2.27. The number of aromatic nitrogens is 2. The summed E-state index contributed by atoms with van der Waals surface area (Å²) in [7, 11) is 0. The number of nitrogens with zero attached hydrogens (tertiary/aromatic N) is 2. The molecule has 0 aliphatic heterocycles. The number of hydrogen-bond donors (Lipinski definition) is 2. The Balaban J connectivity index is 2.20. The van der Waals surface area contributed by atoms with Crippen molar-refractivity contribution >= 4 is 23.1 Å². The predicted molar refractivity (Wildman–Crippen MR) is 66.2 cm³/mol. The van der Waals surface area contributed by atoms with E-state index in [2.05, 4.69) is 9.97 Å². The summed E-state index contributed by atoms with van der Waals surface area (Å²) in [5.41, 5.74) is 13.6. The van der Waals surface area contributed by atoms with E-state index in [1.54, 1.807) is 18.5 Å². The third-order valence-corrected chi connectivity index (χ3v) is 2.91. The Labute approximate surface area is 98.1 Å². The molecule has 4 nitrogen and oxygen atoms in total. The van der Waals surface area contributed by atoms with Crippen molar-refractivity contribution in [3.63, 3.8) is 0 Å². The van der Waals surface area contributed by atoms with E-state index in [4.69, 9.17) is 11.5 Å². The van der Waals surface area contributed by atoms with Gasteiger partial charge in [0.05, 0.1) is 11.4 Å². The first-order chi connectivity index (χ1) is 7.65. The third kappa shape index (κ3) is 2.43. The van der Waals surface area contributed by atoms with Gasteiger partial charge in [-0.1, -0.05) is 0 Å². The molecule has 4 N–H and O–H groups in total. The van der Waals surface area contributed by atoms with Crippen LogP contribution in [-0.2, 0) is 0 Å².